The van der Waals surface area contributed by atoms with Crippen LogP contribution in [0.3, 0.4) is 0 Å². The molecule has 1 aromatic carbocycles. The third kappa shape index (κ3) is 4.42. The molecule has 1 saturated heterocycles. The highest BCUT2D eigenvalue weighted by molar-refractivity contribution is 5.92. The molecular formula is C20H25N3O. The van der Waals surface area contributed by atoms with Crippen LogP contribution in [0.2, 0.25) is 0 Å². The maximum absolute atomic E-state index is 12.4. The molecule has 3 rings (SSSR count). The summed E-state index contributed by atoms with van der Waals surface area (Å²) in [6.45, 7) is 5.10. The summed E-state index contributed by atoms with van der Waals surface area (Å²) in [6, 6.07) is 14.6. The predicted molar refractivity (Wildman–Crippen MR) is 95.8 cm³/mol. The molecule has 0 aliphatic carbocycles. The summed E-state index contributed by atoms with van der Waals surface area (Å²) < 4.78 is 0. The number of aryl methyl sites for hydroxylation is 1. The summed E-state index contributed by atoms with van der Waals surface area (Å²) in [5, 5.41) is 3.14. The molecule has 0 saturated carbocycles. The van der Waals surface area contributed by atoms with E-state index >= 15 is 0 Å². The first-order chi connectivity index (χ1) is 11.7. The van der Waals surface area contributed by atoms with Crippen molar-refractivity contribution in [1.29, 1.82) is 0 Å². The van der Waals surface area contributed by atoms with Gasteiger partial charge in [-0.3, -0.25) is 14.7 Å². The van der Waals surface area contributed by atoms with Gasteiger partial charge in [-0.05, 0) is 42.5 Å². The van der Waals surface area contributed by atoms with Gasteiger partial charge < -0.3 is 5.32 Å². The van der Waals surface area contributed by atoms with E-state index in [2.05, 4.69) is 46.4 Å². The highest BCUT2D eigenvalue weighted by Crippen LogP contribution is 2.14. The first-order valence-electron chi connectivity index (χ1n) is 8.76. The van der Waals surface area contributed by atoms with E-state index < -0.39 is 0 Å². The number of amides is 1. The second-order valence-corrected chi connectivity index (χ2v) is 6.41. The summed E-state index contributed by atoms with van der Waals surface area (Å²) in [5.41, 5.74) is 3.02. The van der Waals surface area contributed by atoms with E-state index in [0.29, 0.717) is 5.69 Å². The molecule has 0 atom stereocenters. The number of likely N-dealkylation sites (tertiary alicyclic amines) is 1. The number of nitrogens with one attached hydrogen (secondary N) is 1. The van der Waals surface area contributed by atoms with E-state index in [1.807, 2.05) is 18.2 Å². The average Bonchev–Trinajstić information content (AvgIpc) is 2.64. The third-order valence-electron chi connectivity index (χ3n) is 4.64. The highest BCUT2D eigenvalue weighted by atomic mass is 16.1. The zero-order valence-corrected chi connectivity index (χ0v) is 14.2. The van der Waals surface area contributed by atoms with Crippen molar-refractivity contribution in [3.8, 4) is 0 Å². The number of hydrogen-bond acceptors (Lipinski definition) is 3. The molecule has 0 spiro atoms. The van der Waals surface area contributed by atoms with Crippen molar-refractivity contribution in [2.24, 2.45) is 0 Å². The van der Waals surface area contributed by atoms with Crippen LogP contribution in [0.25, 0.3) is 0 Å². The molecule has 126 valence electrons. The lowest BCUT2D eigenvalue weighted by Crippen LogP contribution is -2.44. The molecular weight excluding hydrogens is 298 g/mol. The Balaban J connectivity index is 1.49. The van der Waals surface area contributed by atoms with Crippen LogP contribution in [0.1, 0.15) is 41.4 Å². The average molecular weight is 323 g/mol. The minimum absolute atomic E-state index is 0.0493. The largest absolute Gasteiger partial charge is 0.348 e. The van der Waals surface area contributed by atoms with Crippen LogP contribution in [0.5, 0.6) is 0 Å². The fourth-order valence-corrected chi connectivity index (χ4v) is 3.15. The Kier molecular flexibility index (Phi) is 5.59. The van der Waals surface area contributed by atoms with Crippen molar-refractivity contribution in [2.45, 2.75) is 38.8 Å². The number of benzene rings is 1. The molecule has 0 unspecified atom stereocenters. The van der Waals surface area contributed by atoms with Crippen LogP contribution in [-0.2, 0) is 13.0 Å². The van der Waals surface area contributed by atoms with Gasteiger partial charge in [0.2, 0.25) is 0 Å². The number of hydrogen-bond donors (Lipinski definition) is 1. The maximum Gasteiger partial charge on any atom is 0.270 e. The maximum atomic E-state index is 12.4. The van der Waals surface area contributed by atoms with E-state index in [1.54, 1.807) is 6.20 Å². The zero-order chi connectivity index (χ0) is 16.8. The monoisotopic (exact) mass is 323 g/mol. The van der Waals surface area contributed by atoms with Crippen LogP contribution < -0.4 is 5.32 Å². The molecule has 1 aliphatic rings. The molecule has 1 N–H and O–H groups in total. The lowest BCUT2D eigenvalue weighted by Gasteiger charge is -2.32. The summed E-state index contributed by atoms with van der Waals surface area (Å²) in [4.78, 5) is 19.0. The van der Waals surface area contributed by atoms with E-state index in [-0.39, 0.29) is 11.9 Å². The first-order valence-corrected chi connectivity index (χ1v) is 8.76. The van der Waals surface area contributed by atoms with Crippen molar-refractivity contribution in [2.75, 3.05) is 13.1 Å². The number of piperidine rings is 1. The van der Waals surface area contributed by atoms with Crippen molar-refractivity contribution in [3.05, 3.63) is 65.5 Å². The topological polar surface area (TPSA) is 45.2 Å². The Bertz CT molecular complexity index is 664. The fraction of sp³-hybridized carbons (Fsp3) is 0.400. The molecule has 1 amide bonds. The van der Waals surface area contributed by atoms with Gasteiger partial charge >= 0.3 is 0 Å². The Morgan fingerprint density at radius 3 is 2.62 bits per heavy atom. The predicted octanol–water partition coefficient (Wildman–Crippen LogP) is 3.04. The second-order valence-electron chi connectivity index (χ2n) is 6.41. The number of aromatic nitrogens is 1. The molecule has 1 fully saturated rings. The minimum atomic E-state index is -0.0493. The smallest absolute Gasteiger partial charge is 0.270 e. The van der Waals surface area contributed by atoms with E-state index in [9.17, 15) is 4.79 Å². The number of rotatable bonds is 5. The number of pyridine rings is 1. The van der Waals surface area contributed by atoms with Gasteiger partial charge in [-0.15, -0.1) is 0 Å². The molecule has 2 aromatic rings. The highest BCUT2D eigenvalue weighted by Gasteiger charge is 2.21. The number of carbonyl (C=O) groups is 1. The van der Waals surface area contributed by atoms with Gasteiger partial charge in [0, 0.05) is 31.9 Å². The molecule has 0 radical (unpaired) electrons. The van der Waals surface area contributed by atoms with Crippen LogP contribution >= 0.6 is 0 Å². The molecule has 4 heteroatoms. The Morgan fingerprint density at radius 1 is 1.17 bits per heavy atom. The van der Waals surface area contributed by atoms with Gasteiger partial charge in [0.15, 0.2) is 0 Å². The zero-order valence-electron chi connectivity index (χ0n) is 14.2. The van der Waals surface area contributed by atoms with Crippen LogP contribution in [0, 0.1) is 0 Å². The molecule has 1 aromatic heterocycles. The van der Waals surface area contributed by atoms with Gasteiger partial charge in [0.1, 0.15) is 5.69 Å². The Hall–Kier alpha value is -2.20. The van der Waals surface area contributed by atoms with Crippen LogP contribution in [0.15, 0.2) is 48.7 Å². The lowest BCUT2D eigenvalue weighted by atomic mass is 10.0. The summed E-state index contributed by atoms with van der Waals surface area (Å²) in [7, 11) is 0. The van der Waals surface area contributed by atoms with Gasteiger partial charge in [-0.25, -0.2) is 0 Å². The molecule has 0 bridgehead atoms. The van der Waals surface area contributed by atoms with Crippen molar-refractivity contribution in [1.82, 2.24) is 15.2 Å². The van der Waals surface area contributed by atoms with E-state index in [0.717, 1.165) is 44.5 Å². The summed E-state index contributed by atoms with van der Waals surface area (Å²) in [6.07, 6.45) is 4.62. The normalized spacial score (nSPS) is 16.0. The third-order valence-corrected chi connectivity index (χ3v) is 4.64. The van der Waals surface area contributed by atoms with E-state index in [1.165, 1.54) is 5.56 Å². The van der Waals surface area contributed by atoms with Gasteiger partial charge in [-0.1, -0.05) is 37.3 Å². The second kappa shape index (κ2) is 8.06. The molecule has 1 aliphatic heterocycles. The SMILES string of the molecule is CCc1ccnc(C(=O)NC2CCN(Cc3ccccc3)CC2)c1. The molecule has 2 heterocycles. The molecule has 4 nitrogen and oxygen atoms in total. The quantitative estimate of drug-likeness (QED) is 0.920. The molecule has 24 heavy (non-hydrogen) atoms. The van der Waals surface area contributed by atoms with Crippen LogP contribution in [-0.4, -0.2) is 34.9 Å². The fourth-order valence-electron chi connectivity index (χ4n) is 3.15. The Morgan fingerprint density at radius 2 is 1.92 bits per heavy atom. The Labute approximate surface area is 143 Å². The minimum Gasteiger partial charge on any atom is -0.348 e. The number of nitrogens with zero attached hydrogens (tertiary/aromatic N) is 2. The van der Waals surface area contributed by atoms with Crippen molar-refractivity contribution >= 4 is 5.91 Å². The summed E-state index contributed by atoms with van der Waals surface area (Å²) >= 11 is 0. The lowest BCUT2D eigenvalue weighted by molar-refractivity contribution is 0.0904. The standard InChI is InChI=1S/C20H25N3O/c1-2-16-8-11-21-19(14-16)20(24)22-18-9-12-23(13-10-18)15-17-6-4-3-5-7-17/h3-8,11,14,18H,2,9-10,12-13,15H2,1H3,(H,22,24). The van der Waals surface area contributed by atoms with Crippen molar-refractivity contribution in [3.63, 3.8) is 0 Å². The summed E-state index contributed by atoms with van der Waals surface area (Å²) in [5.74, 6) is -0.0493. The van der Waals surface area contributed by atoms with E-state index in [4.69, 9.17) is 0 Å². The van der Waals surface area contributed by atoms with Gasteiger partial charge in [0.05, 0.1) is 0 Å². The van der Waals surface area contributed by atoms with Crippen molar-refractivity contribution < 1.29 is 4.79 Å². The first kappa shape index (κ1) is 16.7. The van der Waals surface area contributed by atoms with Gasteiger partial charge in [0.25, 0.3) is 5.91 Å². The number of carbonyl (C=O) groups excluding carboxylic acids is 1. The van der Waals surface area contributed by atoms with Gasteiger partial charge in [-0.2, -0.15) is 0 Å². The van der Waals surface area contributed by atoms with Crippen LogP contribution in [0.4, 0.5) is 0 Å².